The summed E-state index contributed by atoms with van der Waals surface area (Å²) in [7, 11) is 0. The molecule has 3 aromatic rings. The molecule has 1 heterocycles. The Morgan fingerprint density at radius 3 is 2.92 bits per heavy atom. The molecule has 0 atom stereocenters. The van der Waals surface area contributed by atoms with Crippen LogP contribution in [0, 0.1) is 0 Å². The highest BCUT2D eigenvalue weighted by Gasteiger charge is 2.23. The smallest absolute Gasteiger partial charge is 0.189 e. The van der Waals surface area contributed by atoms with E-state index in [2.05, 4.69) is 4.98 Å². The van der Waals surface area contributed by atoms with Crippen LogP contribution in [-0.4, -0.2) is 21.9 Å². The third kappa shape index (κ3) is 3.38. The summed E-state index contributed by atoms with van der Waals surface area (Å²) in [5, 5.41) is 0. The molecule has 4 rings (SSSR count). The summed E-state index contributed by atoms with van der Waals surface area (Å²) in [4.78, 5) is 16.5. The summed E-state index contributed by atoms with van der Waals surface area (Å²) < 4.78 is 7.78. The molecule has 0 spiro atoms. The molecule has 2 aromatic carbocycles. The van der Waals surface area contributed by atoms with Crippen molar-refractivity contribution in [1.29, 1.82) is 0 Å². The fourth-order valence-electron chi connectivity index (χ4n) is 3.05. The number of carbonyl (C=O) groups is 1. The van der Waals surface area contributed by atoms with E-state index in [0.717, 1.165) is 34.6 Å². The topological polar surface area (TPSA) is 44.1 Å². The number of Topliss-reactive ketones (excluding diaryl/α,β-unsaturated/α-hetero) is 1. The monoisotopic (exact) mass is 330 g/mol. The summed E-state index contributed by atoms with van der Waals surface area (Å²) in [5.74, 6) is 0.930. The molecule has 124 valence electrons. The number of benzene rings is 2. The number of nitrogens with zero attached hydrogens (tertiary/aromatic N) is 2. The van der Waals surface area contributed by atoms with E-state index in [1.807, 2.05) is 65.4 Å². The molecule has 0 aliphatic heterocycles. The minimum absolute atomic E-state index is 0.127. The maximum absolute atomic E-state index is 12.5. The van der Waals surface area contributed by atoms with Gasteiger partial charge in [0.2, 0.25) is 0 Å². The fourth-order valence-corrected chi connectivity index (χ4v) is 3.05. The Morgan fingerprint density at radius 2 is 2.08 bits per heavy atom. The number of carbonyl (C=O) groups excluding carboxylic acids is 1. The van der Waals surface area contributed by atoms with Crippen LogP contribution < -0.4 is 4.74 Å². The Labute approximate surface area is 146 Å². The van der Waals surface area contributed by atoms with E-state index in [0.29, 0.717) is 13.0 Å². The maximum atomic E-state index is 12.5. The van der Waals surface area contributed by atoms with E-state index < -0.39 is 0 Å². The number of ketones is 1. The number of ether oxygens (including phenoxy) is 1. The number of hydrogen-bond acceptors (Lipinski definition) is 3. The van der Waals surface area contributed by atoms with Crippen molar-refractivity contribution in [2.24, 2.45) is 0 Å². The summed E-state index contributed by atoms with van der Waals surface area (Å²) in [5.41, 5.74) is 3.74. The molecule has 4 nitrogen and oxygen atoms in total. The number of fused-ring (bicyclic) bond motifs is 1. The van der Waals surface area contributed by atoms with Crippen molar-refractivity contribution in [3.8, 4) is 5.75 Å². The zero-order valence-corrected chi connectivity index (χ0v) is 13.8. The Bertz CT molecular complexity index is 927. The van der Waals surface area contributed by atoms with Crippen LogP contribution in [0.1, 0.15) is 21.5 Å². The van der Waals surface area contributed by atoms with Crippen molar-refractivity contribution < 1.29 is 9.53 Å². The number of rotatable bonds is 5. The minimum Gasteiger partial charge on any atom is -0.492 e. The first kappa shape index (κ1) is 15.4. The van der Waals surface area contributed by atoms with Gasteiger partial charge >= 0.3 is 0 Å². The first-order chi connectivity index (χ1) is 12.3. The van der Waals surface area contributed by atoms with Gasteiger partial charge < -0.3 is 9.30 Å². The van der Waals surface area contributed by atoms with Crippen LogP contribution in [0.5, 0.6) is 5.75 Å². The SMILES string of the molecule is O=C1C(=Cc2cccc(OCCn3ccnc3)c2)Cc2ccccc21. The standard InChI is InChI=1S/C21H18N2O2/c24-21-18(14-17-5-1-2-7-20(17)21)12-16-4-3-6-19(13-16)25-11-10-23-9-8-22-15-23/h1-9,12-13,15H,10-11,14H2. The van der Waals surface area contributed by atoms with Gasteiger partial charge in [0.1, 0.15) is 12.4 Å². The van der Waals surface area contributed by atoms with E-state index in [1.165, 1.54) is 0 Å². The van der Waals surface area contributed by atoms with Gasteiger partial charge in [-0.2, -0.15) is 0 Å². The first-order valence-corrected chi connectivity index (χ1v) is 8.31. The molecule has 1 aromatic heterocycles. The highest BCUT2D eigenvalue weighted by molar-refractivity contribution is 6.15. The van der Waals surface area contributed by atoms with Crippen LogP contribution in [0.3, 0.4) is 0 Å². The lowest BCUT2D eigenvalue weighted by molar-refractivity contribution is 0.104. The molecule has 0 saturated heterocycles. The zero-order chi connectivity index (χ0) is 17.1. The van der Waals surface area contributed by atoms with Crippen molar-refractivity contribution in [3.63, 3.8) is 0 Å². The van der Waals surface area contributed by atoms with Crippen LogP contribution in [0.4, 0.5) is 0 Å². The maximum Gasteiger partial charge on any atom is 0.189 e. The average Bonchev–Trinajstić information content (AvgIpc) is 3.25. The average molecular weight is 330 g/mol. The van der Waals surface area contributed by atoms with Gasteiger partial charge in [0.15, 0.2) is 5.78 Å². The van der Waals surface area contributed by atoms with Gasteiger partial charge in [-0.1, -0.05) is 36.4 Å². The summed E-state index contributed by atoms with van der Waals surface area (Å²) in [6.07, 6.45) is 8.09. The molecule has 0 saturated carbocycles. The van der Waals surface area contributed by atoms with Gasteiger partial charge in [-0.05, 0) is 29.3 Å². The second-order valence-corrected chi connectivity index (χ2v) is 6.05. The summed E-state index contributed by atoms with van der Waals surface area (Å²) >= 11 is 0. The quantitative estimate of drug-likeness (QED) is 0.669. The highest BCUT2D eigenvalue weighted by atomic mass is 16.5. The van der Waals surface area contributed by atoms with E-state index >= 15 is 0 Å². The molecule has 0 bridgehead atoms. The second kappa shape index (κ2) is 6.77. The van der Waals surface area contributed by atoms with Crippen molar-refractivity contribution in [2.45, 2.75) is 13.0 Å². The molecule has 0 amide bonds. The molecule has 1 aliphatic carbocycles. The minimum atomic E-state index is 0.127. The number of allylic oxidation sites excluding steroid dienone is 1. The van der Waals surface area contributed by atoms with Gasteiger partial charge in [-0.25, -0.2) is 4.98 Å². The Morgan fingerprint density at radius 1 is 1.16 bits per heavy atom. The van der Waals surface area contributed by atoms with Gasteiger partial charge in [-0.3, -0.25) is 4.79 Å². The van der Waals surface area contributed by atoms with Crippen molar-refractivity contribution in [1.82, 2.24) is 9.55 Å². The van der Waals surface area contributed by atoms with E-state index in [-0.39, 0.29) is 5.78 Å². The largest absolute Gasteiger partial charge is 0.492 e. The molecular weight excluding hydrogens is 312 g/mol. The molecule has 1 aliphatic rings. The number of imidazole rings is 1. The predicted octanol–water partition coefficient (Wildman–Crippen LogP) is 3.78. The van der Waals surface area contributed by atoms with Crippen LogP contribution in [-0.2, 0) is 13.0 Å². The lowest BCUT2D eigenvalue weighted by Crippen LogP contribution is -2.06. The molecule has 0 radical (unpaired) electrons. The third-order valence-corrected chi connectivity index (χ3v) is 4.31. The van der Waals surface area contributed by atoms with E-state index in [9.17, 15) is 4.79 Å². The Balaban J connectivity index is 1.46. The van der Waals surface area contributed by atoms with Crippen molar-refractivity contribution >= 4 is 11.9 Å². The van der Waals surface area contributed by atoms with Crippen LogP contribution >= 0.6 is 0 Å². The van der Waals surface area contributed by atoms with E-state index in [4.69, 9.17) is 4.74 Å². The predicted molar refractivity (Wildman–Crippen MR) is 96.6 cm³/mol. The third-order valence-electron chi connectivity index (χ3n) is 4.31. The molecule has 0 fully saturated rings. The van der Waals surface area contributed by atoms with Gasteiger partial charge in [0.05, 0.1) is 12.9 Å². The summed E-state index contributed by atoms with van der Waals surface area (Å²) in [6.45, 7) is 1.32. The highest BCUT2D eigenvalue weighted by Crippen LogP contribution is 2.28. The van der Waals surface area contributed by atoms with Crippen LogP contribution in [0.15, 0.2) is 72.8 Å². The zero-order valence-electron chi connectivity index (χ0n) is 13.8. The van der Waals surface area contributed by atoms with Gasteiger partial charge in [0, 0.05) is 30.0 Å². The van der Waals surface area contributed by atoms with Crippen molar-refractivity contribution in [2.75, 3.05) is 6.61 Å². The van der Waals surface area contributed by atoms with Crippen molar-refractivity contribution in [3.05, 3.63) is 89.5 Å². The Kier molecular flexibility index (Phi) is 4.17. The second-order valence-electron chi connectivity index (χ2n) is 6.05. The molecule has 25 heavy (non-hydrogen) atoms. The Hall–Kier alpha value is -3.14. The lowest BCUT2D eigenvalue weighted by Gasteiger charge is -2.07. The fraction of sp³-hybridized carbons (Fsp3) is 0.143. The van der Waals surface area contributed by atoms with Crippen LogP contribution in [0.2, 0.25) is 0 Å². The number of aromatic nitrogens is 2. The van der Waals surface area contributed by atoms with Gasteiger partial charge in [0.25, 0.3) is 0 Å². The summed E-state index contributed by atoms with van der Waals surface area (Å²) in [6, 6.07) is 15.6. The van der Waals surface area contributed by atoms with Gasteiger partial charge in [-0.15, -0.1) is 0 Å². The van der Waals surface area contributed by atoms with E-state index in [1.54, 1.807) is 12.5 Å². The lowest BCUT2D eigenvalue weighted by atomic mass is 10.1. The molecule has 4 heteroatoms. The molecule has 0 N–H and O–H groups in total. The normalized spacial score (nSPS) is 14.7. The molecular formula is C21H18N2O2. The first-order valence-electron chi connectivity index (χ1n) is 8.31. The molecule has 0 unspecified atom stereocenters. The number of hydrogen-bond donors (Lipinski definition) is 0. The van der Waals surface area contributed by atoms with Crippen LogP contribution in [0.25, 0.3) is 6.08 Å².